The van der Waals surface area contributed by atoms with E-state index in [2.05, 4.69) is 10.1 Å². The summed E-state index contributed by atoms with van der Waals surface area (Å²) in [6.45, 7) is 2.81. The van der Waals surface area contributed by atoms with Crippen molar-refractivity contribution in [3.63, 3.8) is 0 Å². The van der Waals surface area contributed by atoms with Crippen molar-refractivity contribution in [3.05, 3.63) is 53.7 Å². The molecule has 6 nitrogen and oxygen atoms in total. The summed E-state index contributed by atoms with van der Waals surface area (Å²) in [5.41, 5.74) is 0.925. The van der Waals surface area contributed by atoms with E-state index in [0.29, 0.717) is 11.3 Å². The number of carbonyl (C=O) groups is 1. The number of aryl methyl sites for hydroxylation is 1. The molecule has 0 saturated carbocycles. The van der Waals surface area contributed by atoms with Gasteiger partial charge in [-0.2, -0.15) is 9.78 Å². The van der Waals surface area contributed by atoms with Crippen molar-refractivity contribution < 1.29 is 27.1 Å². The number of nitrogens with zero attached hydrogens (tertiary/aromatic N) is 3. The molecule has 4 rings (SSSR count). The number of hydrogen-bond acceptors (Lipinski definition) is 5. The molecule has 30 heavy (non-hydrogen) atoms. The van der Waals surface area contributed by atoms with Gasteiger partial charge < -0.3 is 9.15 Å². The lowest BCUT2D eigenvalue weighted by atomic mass is 10.1. The van der Waals surface area contributed by atoms with Gasteiger partial charge in [-0.15, -0.1) is 13.2 Å². The first-order valence-electron chi connectivity index (χ1n) is 8.93. The van der Waals surface area contributed by atoms with E-state index < -0.39 is 6.30 Å². The van der Waals surface area contributed by atoms with Gasteiger partial charge in [0.15, 0.2) is 16.9 Å². The van der Waals surface area contributed by atoms with Crippen LogP contribution in [0.2, 0.25) is 0 Å². The number of carbonyl (C=O) groups excluding carboxylic acids is 1. The Morgan fingerprint density at radius 3 is 2.43 bits per heavy atom. The molecule has 2 heterocycles. The fourth-order valence-corrected chi connectivity index (χ4v) is 3.36. The first-order valence-corrected chi connectivity index (χ1v) is 8.93. The number of halogens is 3. The van der Waals surface area contributed by atoms with Crippen LogP contribution in [0.4, 0.5) is 13.2 Å². The molecule has 0 amide bonds. The van der Waals surface area contributed by atoms with Crippen molar-refractivity contribution in [3.8, 4) is 28.5 Å². The smallest absolute Gasteiger partial charge is 0.494 e. The lowest BCUT2D eigenvalue weighted by Gasteiger charge is -2.11. The van der Waals surface area contributed by atoms with Crippen molar-refractivity contribution in [2.24, 2.45) is 0 Å². The van der Waals surface area contributed by atoms with Crippen LogP contribution in [0.3, 0.4) is 0 Å². The van der Waals surface area contributed by atoms with E-state index >= 15 is 0 Å². The number of ketones is 1. The Kier molecular flexibility index (Phi) is 4.60. The molecule has 0 aliphatic carbocycles. The number of benzene rings is 2. The molecule has 0 unspecified atom stereocenters. The molecule has 2 aromatic heterocycles. The molecule has 0 fully saturated rings. The monoisotopic (exact) mass is 415 g/mol. The molecule has 0 aliphatic rings. The summed E-state index contributed by atoms with van der Waals surface area (Å²) in [6.07, 6.45) is -4.75. The minimum atomic E-state index is -4.75. The number of alkyl halides is 3. The molecule has 0 aliphatic heterocycles. The second-order valence-corrected chi connectivity index (χ2v) is 6.62. The Hall–Kier alpha value is -3.62. The maximum Gasteiger partial charge on any atom is 0.505 e. The van der Waals surface area contributed by atoms with Crippen LogP contribution in [0, 0.1) is 6.92 Å². The zero-order valence-electron chi connectivity index (χ0n) is 16.2. The highest BCUT2D eigenvalue weighted by molar-refractivity contribution is 6.06. The summed E-state index contributed by atoms with van der Waals surface area (Å²) in [5, 5.41) is 3.70. The summed E-state index contributed by atoms with van der Waals surface area (Å²) in [7, 11) is 1.43. The number of rotatable bonds is 4. The molecule has 0 N–H and O–H groups in total. The average molecular weight is 415 g/mol. The number of hydrogen-bond donors (Lipinski definition) is 0. The highest BCUT2D eigenvalue weighted by atomic mass is 19.4. The van der Waals surface area contributed by atoms with E-state index in [0.717, 1.165) is 0 Å². The topological polar surface area (TPSA) is 70.2 Å². The van der Waals surface area contributed by atoms with Crippen LogP contribution in [-0.4, -0.2) is 27.7 Å². The van der Waals surface area contributed by atoms with Gasteiger partial charge in [0.25, 0.3) is 0 Å². The number of methoxy groups -OCH3 is 1. The van der Waals surface area contributed by atoms with E-state index in [1.165, 1.54) is 27.0 Å². The first-order chi connectivity index (χ1) is 14.2. The third kappa shape index (κ3) is 3.12. The second-order valence-electron chi connectivity index (χ2n) is 6.62. The molecule has 0 atom stereocenters. The van der Waals surface area contributed by atoms with Crippen LogP contribution in [0.15, 0.2) is 46.9 Å². The zero-order chi connectivity index (χ0) is 21.6. The summed E-state index contributed by atoms with van der Waals surface area (Å²) < 4.78 is 52.3. The Morgan fingerprint density at radius 1 is 1.13 bits per heavy atom. The first kappa shape index (κ1) is 19.7. The van der Waals surface area contributed by atoms with E-state index in [-0.39, 0.29) is 50.0 Å². The quantitative estimate of drug-likeness (QED) is 0.420. The van der Waals surface area contributed by atoms with Gasteiger partial charge in [0.2, 0.25) is 5.89 Å². The SMILES string of the molecule is COc1ccc(C(C)=O)c2oc(-c3c(C)nn(C(F)(F)F)c3-c3ccccc3)nc12. The van der Waals surface area contributed by atoms with Crippen molar-refractivity contribution in [1.82, 2.24) is 14.8 Å². The largest absolute Gasteiger partial charge is 0.505 e. The van der Waals surface area contributed by atoms with Gasteiger partial charge in [-0.05, 0) is 26.0 Å². The van der Waals surface area contributed by atoms with Crippen LogP contribution in [0.25, 0.3) is 33.8 Å². The lowest BCUT2D eigenvalue weighted by Crippen LogP contribution is -2.19. The van der Waals surface area contributed by atoms with E-state index in [4.69, 9.17) is 9.15 Å². The van der Waals surface area contributed by atoms with E-state index in [1.807, 2.05) is 0 Å². The van der Waals surface area contributed by atoms with Crippen LogP contribution in [0.5, 0.6) is 5.75 Å². The molecule has 154 valence electrons. The number of ether oxygens (including phenoxy) is 1. The van der Waals surface area contributed by atoms with Gasteiger partial charge in [0.1, 0.15) is 5.75 Å². The fraction of sp³-hybridized carbons (Fsp3) is 0.190. The van der Waals surface area contributed by atoms with Crippen molar-refractivity contribution in [2.75, 3.05) is 7.11 Å². The molecule has 0 bridgehead atoms. The van der Waals surface area contributed by atoms with Gasteiger partial charge in [-0.1, -0.05) is 30.3 Å². The Bertz CT molecular complexity index is 1260. The summed E-state index contributed by atoms with van der Waals surface area (Å²) in [4.78, 5) is 16.4. The van der Waals surface area contributed by atoms with Crippen LogP contribution in [-0.2, 0) is 6.30 Å². The standard InChI is InChI=1S/C21H16F3N3O3/c1-11-16(18(13-7-5-4-6-8-13)27(26-11)21(22,23)24)20-25-17-15(29-3)10-9-14(12(2)28)19(17)30-20/h4-10H,1-3H3. The number of oxazole rings is 1. The Balaban J connectivity index is 2.07. The van der Waals surface area contributed by atoms with Crippen LogP contribution >= 0.6 is 0 Å². The average Bonchev–Trinajstić information content (AvgIpc) is 3.28. The Labute approximate surface area is 168 Å². The molecule has 0 saturated heterocycles. The minimum Gasteiger partial charge on any atom is -0.494 e. The third-order valence-electron chi connectivity index (χ3n) is 4.67. The van der Waals surface area contributed by atoms with Gasteiger partial charge in [-0.3, -0.25) is 4.79 Å². The van der Waals surface area contributed by atoms with Crippen molar-refractivity contribution in [1.29, 1.82) is 0 Å². The Morgan fingerprint density at radius 2 is 1.83 bits per heavy atom. The van der Waals surface area contributed by atoms with Gasteiger partial charge in [-0.25, -0.2) is 4.98 Å². The highest BCUT2D eigenvalue weighted by Gasteiger charge is 2.38. The van der Waals surface area contributed by atoms with Crippen molar-refractivity contribution >= 4 is 16.9 Å². The molecule has 0 spiro atoms. The van der Waals surface area contributed by atoms with Crippen LogP contribution in [0.1, 0.15) is 23.0 Å². The maximum atomic E-state index is 13.7. The molecular weight excluding hydrogens is 399 g/mol. The number of Topliss-reactive ketones (excluding diaryl/α,β-unsaturated/α-hetero) is 1. The second kappa shape index (κ2) is 7.01. The predicted octanol–water partition coefficient (Wildman–Crippen LogP) is 5.35. The number of fused-ring (bicyclic) bond motifs is 1. The fourth-order valence-electron chi connectivity index (χ4n) is 3.36. The molecule has 4 aromatic rings. The number of aromatic nitrogens is 3. The van der Waals surface area contributed by atoms with E-state index in [9.17, 15) is 18.0 Å². The highest BCUT2D eigenvalue weighted by Crippen LogP contribution is 2.41. The predicted molar refractivity (Wildman–Crippen MR) is 103 cm³/mol. The summed E-state index contributed by atoms with van der Waals surface area (Å²) >= 11 is 0. The minimum absolute atomic E-state index is 0.00494. The molecule has 2 aromatic carbocycles. The van der Waals surface area contributed by atoms with Gasteiger partial charge in [0.05, 0.1) is 29.6 Å². The molecule has 9 heteroatoms. The lowest BCUT2D eigenvalue weighted by molar-refractivity contribution is -0.211. The summed E-state index contributed by atoms with van der Waals surface area (Å²) in [5.74, 6) is -0.00711. The van der Waals surface area contributed by atoms with Gasteiger partial charge >= 0.3 is 6.30 Å². The zero-order valence-corrected chi connectivity index (χ0v) is 16.2. The third-order valence-corrected chi connectivity index (χ3v) is 4.67. The van der Waals surface area contributed by atoms with Gasteiger partial charge in [0, 0.05) is 5.56 Å². The summed E-state index contributed by atoms with van der Waals surface area (Å²) in [6, 6.07) is 11.2. The van der Waals surface area contributed by atoms with Crippen LogP contribution < -0.4 is 4.74 Å². The normalized spacial score (nSPS) is 11.8. The van der Waals surface area contributed by atoms with E-state index in [1.54, 1.807) is 36.4 Å². The maximum absolute atomic E-state index is 13.7. The van der Waals surface area contributed by atoms with Crippen molar-refractivity contribution in [2.45, 2.75) is 20.1 Å². The molecular formula is C21H16F3N3O3. The molecule has 0 radical (unpaired) electrons.